The fourth-order valence-electron chi connectivity index (χ4n) is 3.94. The van der Waals surface area contributed by atoms with E-state index >= 15 is 0 Å². The highest BCUT2D eigenvalue weighted by molar-refractivity contribution is 5.77. The molecule has 1 aromatic heterocycles. The van der Waals surface area contributed by atoms with Gasteiger partial charge in [0.25, 0.3) is 0 Å². The fraction of sp³-hybridized carbons (Fsp3) is 0.545. The molecule has 2 aromatic rings. The molecule has 1 fully saturated rings. The van der Waals surface area contributed by atoms with Crippen molar-refractivity contribution in [3.05, 3.63) is 53.1 Å². The topological polar surface area (TPSA) is 41.4 Å². The lowest BCUT2D eigenvalue weighted by Gasteiger charge is -2.35. The molecule has 5 nitrogen and oxygen atoms in total. The molecular weight excluding hydrogens is 355 g/mol. The van der Waals surface area contributed by atoms with Crippen LogP contribution in [0.2, 0.25) is 0 Å². The van der Waals surface area contributed by atoms with Gasteiger partial charge in [-0.3, -0.25) is 14.4 Å². The SMILES string of the molecule is CCn1ncc(CN2CCC(=O)N(Cc3ccc(F)cc3)[C@H](C(C)C)C2)c1C. The Morgan fingerprint density at radius 3 is 2.54 bits per heavy atom. The number of halogens is 1. The van der Waals surface area contributed by atoms with E-state index in [9.17, 15) is 9.18 Å². The van der Waals surface area contributed by atoms with Crippen molar-refractivity contribution < 1.29 is 9.18 Å². The Morgan fingerprint density at radius 1 is 1.21 bits per heavy atom. The molecule has 28 heavy (non-hydrogen) atoms. The quantitative estimate of drug-likeness (QED) is 0.762. The van der Waals surface area contributed by atoms with Crippen molar-refractivity contribution in [3.63, 3.8) is 0 Å². The third kappa shape index (κ3) is 4.61. The maximum atomic E-state index is 13.2. The zero-order valence-corrected chi connectivity index (χ0v) is 17.4. The van der Waals surface area contributed by atoms with Crippen LogP contribution in [0.5, 0.6) is 0 Å². The van der Waals surface area contributed by atoms with Gasteiger partial charge in [0.2, 0.25) is 5.91 Å². The number of benzene rings is 1. The molecule has 0 N–H and O–H groups in total. The average Bonchev–Trinajstić information content (AvgIpc) is 2.94. The largest absolute Gasteiger partial charge is 0.334 e. The summed E-state index contributed by atoms with van der Waals surface area (Å²) < 4.78 is 15.2. The van der Waals surface area contributed by atoms with Gasteiger partial charge in [0.1, 0.15) is 5.82 Å². The zero-order valence-electron chi connectivity index (χ0n) is 17.4. The second kappa shape index (κ2) is 8.86. The van der Waals surface area contributed by atoms with Gasteiger partial charge in [0, 0.05) is 56.4 Å². The smallest absolute Gasteiger partial charge is 0.224 e. The lowest BCUT2D eigenvalue weighted by Crippen LogP contribution is -2.45. The van der Waals surface area contributed by atoms with E-state index in [-0.39, 0.29) is 17.8 Å². The summed E-state index contributed by atoms with van der Waals surface area (Å²) in [5.41, 5.74) is 3.39. The highest BCUT2D eigenvalue weighted by Gasteiger charge is 2.32. The normalized spacial score (nSPS) is 18.7. The number of nitrogens with zero attached hydrogens (tertiary/aromatic N) is 4. The maximum Gasteiger partial charge on any atom is 0.224 e. The minimum Gasteiger partial charge on any atom is -0.334 e. The predicted octanol–water partition coefficient (Wildman–Crippen LogP) is 3.61. The first-order valence-electron chi connectivity index (χ1n) is 10.2. The van der Waals surface area contributed by atoms with Gasteiger partial charge < -0.3 is 4.90 Å². The Bertz CT molecular complexity index is 799. The summed E-state index contributed by atoms with van der Waals surface area (Å²) in [6.45, 7) is 12.3. The van der Waals surface area contributed by atoms with Crippen LogP contribution >= 0.6 is 0 Å². The molecule has 1 aliphatic rings. The Balaban J connectivity index is 1.77. The first kappa shape index (κ1) is 20.5. The van der Waals surface area contributed by atoms with Gasteiger partial charge in [0.15, 0.2) is 0 Å². The first-order chi connectivity index (χ1) is 13.4. The lowest BCUT2D eigenvalue weighted by atomic mass is 10.0. The van der Waals surface area contributed by atoms with Crippen molar-refractivity contribution in [1.29, 1.82) is 0 Å². The molecule has 1 saturated heterocycles. The van der Waals surface area contributed by atoms with Crippen LogP contribution in [-0.4, -0.2) is 44.6 Å². The van der Waals surface area contributed by atoms with E-state index in [1.165, 1.54) is 23.4 Å². The summed E-state index contributed by atoms with van der Waals surface area (Å²) in [4.78, 5) is 17.3. The van der Waals surface area contributed by atoms with Crippen LogP contribution in [0.1, 0.15) is 44.0 Å². The number of hydrogen-bond acceptors (Lipinski definition) is 3. The number of amides is 1. The van der Waals surface area contributed by atoms with Gasteiger partial charge in [-0.05, 0) is 37.5 Å². The molecule has 0 saturated carbocycles. The Morgan fingerprint density at radius 2 is 1.93 bits per heavy atom. The van der Waals surface area contributed by atoms with Gasteiger partial charge in [-0.25, -0.2) is 4.39 Å². The Hall–Kier alpha value is -2.21. The van der Waals surface area contributed by atoms with Gasteiger partial charge in [-0.2, -0.15) is 5.10 Å². The zero-order chi connectivity index (χ0) is 20.3. The summed E-state index contributed by atoms with van der Waals surface area (Å²) >= 11 is 0. The molecule has 2 heterocycles. The number of carbonyl (C=O) groups excluding carboxylic acids is 1. The van der Waals surface area contributed by atoms with E-state index in [1.807, 2.05) is 15.8 Å². The van der Waals surface area contributed by atoms with Crippen molar-refractivity contribution >= 4 is 5.91 Å². The summed E-state index contributed by atoms with van der Waals surface area (Å²) in [6.07, 6.45) is 2.46. The summed E-state index contributed by atoms with van der Waals surface area (Å²) in [5, 5.41) is 4.45. The van der Waals surface area contributed by atoms with Gasteiger partial charge in [-0.1, -0.05) is 26.0 Å². The molecule has 0 radical (unpaired) electrons. The molecule has 0 aliphatic carbocycles. The Labute approximate surface area is 167 Å². The van der Waals surface area contributed by atoms with Gasteiger partial charge in [-0.15, -0.1) is 0 Å². The summed E-state index contributed by atoms with van der Waals surface area (Å²) in [5.74, 6) is 0.261. The van der Waals surface area contributed by atoms with Crippen LogP contribution in [0.25, 0.3) is 0 Å². The van der Waals surface area contributed by atoms with Crippen molar-refractivity contribution in [2.45, 2.75) is 59.8 Å². The van der Waals surface area contributed by atoms with Crippen LogP contribution in [0, 0.1) is 18.7 Å². The molecule has 1 aromatic carbocycles. The van der Waals surface area contributed by atoms with E-state index in [2.05, 4.69) is 37.7 Å². The Kier molecular flexibility index (Phi) is 6.50. The predicted molar refractivity (Wildman–Crippen MR) is 108 cm³/mol. The van der Waals surface area contributed by atoms with Crippen LogP contribution < -0.4 is 0 Å². The summed E-state index contributed by atoms with van der Waals surface area (Å²) in [6, 6.07) is 6.59. The number of carbonyl (C=O) groups is 1. The van der Waals surface area contributed by atoms with Crippen LogP contribution in [0.3, 0.4) is 0 Å². The van der Waals surface area contributed by atoms with Crippen molar-refractivity contribution in [2.75, 3.05) is 13.1 Å². The fourth-order valence-corrected chi connectivity index (χ4v) is 3.94. The molecule has 0 bridgehead atoms. The molecule has 0 spiro atoms. The van der Waals surface area contributed by atoms with E-state index in [0.29, 0.717) is 18.9 Å². The van der Waals surface area contributed by atoms with E-state index < -0.39 is 0 Å². The molecular formula is C22H31FN4O. The molecule has 1 aliphatic heterocycles. The molecule has 0 unspecified atom stereocenters. The van der Waals surface area contributed by atoms with Gasteiger partial charge in [0.05, 0.1) is 6.20 Å². The molecule has 1 amide bonds. The number of hydrogen-bond donors (Lipinski definition) is 0. The van der Waals surface area contributed by atoms with Crippen LogP contribution in [-0.2, 0) is 24.4 Å². The minimum absolute atomic E-state index is 0.126. The highest BCUT2D eigenvalue weighted by atomic mass is 19.1. The van der Waals surface area contributed by atoms with E-state index in [1.54, 1.807) is 12.1 Å². The molecule has 3 rings (SSSR count). The monoisotopic (exact) mass is 386 g/mol. The van der Waals surface area contributed by atoms with Crippen LogP contribution in [0.15, 0.2) is 30.5 Å². The molecule has 6 heteroatoms. The third-order valence-corrected chi connectivity index (χ3v) is 5.74. The van der Waals surface area contributed by atoms with Crippen molar-refractivity contribution in [2.24, 2.45) is 5.92 Å². The summed E-state index contributed by atoms with van der Waals surface area (Å²) in [7, 11) is 0. The van der Waals surface area contributed by atoms with E-state index in [0.717, 1.165) is 31.7 Å². The number of rotatable bonds is 6. The average molecular weight is 387 g/mol. The second-order valence-electron chi connectivity index (χ2n) is 8.02. The van der Waals surface area contributed by atoms with Gasteiger partial charge >= 0.3 is 0 Å². The van der Waals surface area contributed by atoms with E-state index in [4.69, 9.17) is 0 Å². The maximum absolute atomic E-state index is 13.2. The third-order valence-electron chi connectivity index (χ3n) is 5.74. The van der Waals surface area contributed by atoms with Crippen molar-refractivity contribution in [1.82, 2.24) is 19.6 Å². The molecule has 1 atom stereocenters. The van der Waals surface area contributed by atoms with Crippen LogP contribution in [0.4, 0.5) is 4.39 Å². The number of aryl methyl sites for hydroxylation is 1. The molecule has 152 valence electrons. The second-order valence-corrected chi connectivity index (χ2v) is 8.02. The van der Waals surface area contributed by atoms with Crippen molar-refractivity contribution in [3.8, 4) is 0 Å². The number of aromatic nitrogens is 2. The highest BCUT2D eigenvalue weighted by Crippen LogP contribution is 2.23. The standard InChI is InChI=1S/C22H31FN4O/c1-5-27-17(4)19(12-24-27)14-25-11-10-22(28)26(21(15-25)16(2)3)13-18-6-8-20(23)9-7-18/h6-9,12,16,21H,5,10-11,13-15H2,1-4H3/t21-/m0/s1. The minimum atomic E-state index is -0.250. The lowest BCUT2D eigenvalue weighted by molar-refractivity contribution is -0.134. The first-order valence-corrected chi connectivity index (χ1v) is 10.2.